The second-order valence-electron chi connectivity index (χ2n) is 19.2. The topological polar surface area (TPSA) is 150 Å². The Bertz CT molecular complexity index is 1840. The van der Waals surface area contributed by atoms with Crippen LogP contribution in [0.3, 0.4) is 0 Å². The average Bonchev–Trinajstić information content (AvgIpc) is 3.68. The third kappa shape index (κ3) is 6.79. The summed E-state index contributed by atoms with van der Waals surface area (Å²) in [5.41, 5.74) is 7.53. The molecule has 4 aliphatic rings. The number of Topliss-reactive ketones (excluding diaryl/α,β-unsaturated/α-hetero) is 1. The van der Waals surface area contributed by atoms with Crippen molar-refractivity contribution < 1.29 is 24.2 Å². The van der Waals surface area contributed by atoms with Gasteiger partial charge in [-0.25, -0.2) is 0 Å². The Morgan fingerprint density at radius 2 is 1.82 bits per heavy atom. The van der Waals surface area contributed by atoms with Gasteiger partial charge in [0.25, 0.3) is 0 Å². The van der Waals surface area contributed by atoms with Crippen LogP contribution in [-0.2, 0) is 31.1 Å². The van der Waals surface area contributed by atoms with Crippen molar-refractivity contribution in [3.05, 3.63) is 40.3 Å². The van der Waals surface area contributed by atoms with E-state index in [0.717, 1.165) is 62.8 Å². The molecule has 2 aromatic heterocycles. The van der Waals surface area contributed by atoms with Gasteiger partial charge in [0.1, 0.15) is 17.6 Å². The number of carbonyl (C=O) groups is 3. The molecule has 6 rings (SSSR count). The first-order valence-corrected chi connectivity index (χ1v) is 21.1. The molecular weight excluding hydrogens is 714 g/mol. The number of esters is 1. The van der Waals surface area contributed by atoms with Crippen molar-refractivity contribution >= 4 is 29.3 Å². The highest BCUT2D eigenvalue weighted by molar-refractivity contribution is 6.30. The van der Waals surface area contributed by atoms with Crippen LogP contribution in [0.15, 0.2) is 29.5 Å². The largest absolute Gasteiger partial charge is 0.481 e. The van der Waals surface area contributed by atoms with Crippen LogP contribution in [0.5, 0.6) is 0 Å². The first kappa shape index (κ1) is 41.5. The monoisotopic (exact) mass is 777 g/mol. The number of ether oxygens (including phenoxy) is 1. The number of ketones is 1. The second kappa shape index (κ2) is 15.0. The van der Waals surface area contributed by atoms with Crippen LogP contribution in [0.4, 0.5) is 0 Å². The van der Waals surface area contributed by atoms with Gasteiger partial charge in [0.2, 0.25) is 0 Å². The van der Waals surface area contributed by atoms with E-state index in [4.69, 9.17) is 32.3 Å². The molecule has 55 heavy (non-hydrogen) atoms. The van der Waals surface area contributed by atoms with Crippen LogP contribution in [0.2, 0.25) is 5.02 Å². The van der Waals surface area contributed by atoms with E-state index in [0.29, 0.717) is 54.3 Å². The number of fused-ring (bicyclic) bond motifs is 5. The van der Waals surface area contributed by atoms with Crippen molar-refractivity contribution in [3.8, 4) is 11.5 Å². The molecule has 2 aromatic rings. The van der Waals surface area contributed by atoms with Crippen molar-refractivity contribution in [1.29, 1.82) is 0 Å². The summed E-state index contributed by atoms with van der Waals surface area (Å²) < 4.78 is 8.09. The highest BCUT2D eigenvalue weighted by Crippen LogP contribution is 2.74. The molecule has 0 saturated heterocycles. The van der Waals surface area contributed by atoms with Crippen LogP contribution < -0.4 is 5.73 Å². The van der Waals surface area contributed by atoms with Gasteiger partial charge in [-0.2, -0.15) is 0 Å². The number of nitrogens with zero attached hydrogens (tertiary/aromatic N) is 4. The maximum Gasteiger partial charge on any atom is 0.309 e. The van der Waals surface area contributed by atoms with Gasteiger partial charge in [-0.1, -0.05) is 60.1 Å². The van der Waals surface area contributed by atoms with Crippen LogP contribution in [-0.4, -0.2) is 55.2 Å². The number of carbonyl (C=O) groups excluding carboxylic acids is 2. The number of carboxylic acids is 1. The number of nitrogens with two attached hydrogens (primary N) is 1. The molecule has 0 spiro atoms. The predicted octanol–water partition coefficient (Wildman–Crippen LogP) is 8.99. The summed E-state index contributed by atoms with van der Waals surface area (Å²) in [7, 11) is 0. The van der Waals surface area contributed by atoms with E-state index in [9.17, 15) is 19.5 Å². The van der Waals surface area contributed by atoms with E-state index in [1.807, 2.05) is 19.1 Å². The smallest absolute Gasteiger partial charge is 0.309 e. The van der Waals surface area contributed by atoms with Crippen molar-refractivity contribution in [2.24, 2.45) is 51.1 Å². The number of hydrogen-bond donors (Lipinski definition) is 2. The third-order valence-corrected chi connectivity index (χ3v) is 15.8. The minimum Gasteiger partial charge on any atom is -0.481 e. The number of aliphatic carboxylic acids is 1. The molecule has 0 aliphatic heterocycles. The van der Waals surface area contributed by atoms with E-state index < -0.39 is 22.8 Å². The summed E-state index contributed by atoms with van der Waals surface area (Å²) in [5.74, 6) is 1.57. The Balaban J connectivity index is 1.35. The zero-order valence-electron chi connectivity index (χ0n) is 34.6. The van der Waals surface area contributed by atoms with Gasteiger partial charge in [0, 0.05) is 25.7 Å². The molecule has 0 radical (unpaired) electrons. The van der Waals surface area contributed by atoms with Gasteiger partial charge in [-0.3, -0.25) is 19.4 Å². The predicted molar refractivity (Wildman–Crippen MR) is 214 cm³/mol. The Labute approximate surface area is 332 Å². The minimum atomic E-state index is -1.17. The van der Waals surface area contributed by atoms with E-state index in [1.165, 1.54) is 5.57 Å². The molecule has 10 nitrogen and oxygen atoms in total. The van der Waals surface area contributed by atoms with E-state index in [-0.39, 0.29) is 46.4 Å². The summed E-state index contributed by atoms with van der Waals surface area (Å²) in [5, 5.41) is 19.8. The van der Waals surface area contributed by atoms with Crippen molar-refractivity contribution in [2.75, 3.05) is 6.54 Å². The first-order valence-electron chi connectivity index (χ1n) is 20.8. The number of pyridine rings is 1. The first-order chi connectivity index (χ1) is 25.8. The normalized spacial score (nSPS) is 32.6. The van der Waals surface area contributed by atoms with Gasteiger partial charge >= 0.3 is 11.9 Å². The molecule has 11 heteroatoms. The molecule has 0 aromatic carbocycles. The number of carboxylic acid groups (broad SMARTS) is 1. The summed E-state index contributed by atoms with van der Waals surface area (Å²) in [4.78, 5) is 43.6. The lowest BCUT2D eigenvalue weighted by Gasteiger charge is -2.69. The number of halogens is 1. The maximum atomic E-state index is 14.4. The van der Waals surface area contributed by atoms with Crippen LogP contribution in [0, 0.1) is 45.3 Å². The average molecular weight is 778 g/mol. The number of hydrogen-bond acceptors (Lipinski definition) is 8. The number of aromatic nitrogens is 4. The van der Waals surface area contributed by atoms with Gasteiger partial charge in [-0.15, -0.1) is 10.2 Å². The van der Waals surface area contributed by atoms with E-state index >= 15 is 0 Å². The number of allylic oxidation sites excluding steroid dienone is 2. The molecular formula is C44H64ClN5O5. The van der Waals surface area contributed by atoms with Gasteiger partial charge in [-0.05, 0) is 135 Å². The minimum absolute atomic E-state index is 0.0251. The zero-order valence-corrected chi connectivity index (χ0v) is 35.4. The fourth-order valence-corrected chi connectivity index (χ4v) is 12.1. The summed E-state index contributed by atoms with van der Waals surface area (Å²) in [6.45, 7) is 20.4. The van der Waals surface area contributed by atoms with E-state index in [1.54, 1.807) is 20.0 Å². The molecule has 3 fully saturated rings. The van der Waals surface area contributed by atoms with Gasteiger partial charge < -0.3 is 20.1 Å². The Morgan fingerprint density at radius 1 is 1.09 bits per heavy atom. The molecule has 0 unspecified atom stereocenters. The molecule has 2 heterocycles. The summed E-state index contributed by atoms with van der Waals surface area (Å²) >= 11 is 6.20. The molecule has 3 saturated carbocycles. The summed E-state index contributed by atoms with van der Waals surface area (Å²) in [6, 6.07) is 3.68. The highest BCUT2D eigenvalue weighted by Gasteiger charge is 2.68. The van der Waals surface area contributed by atoms with Crippen molar-refractivity contribution in [3.63, 3.8) is 0 Å². The third-order valence-electron chi connectivity index (χ3n) is 15.6. The molecule has 302 valence electrons. The molecule has 0 amide bonds. The quantitative estimate of drug-likeness (QED) is 0.190. The van der Waals surface area contributed by atoms with Gasteiger partial charge in [0.15, 0.2) is 11.6 Å². The lowest BCUT2D eigenvalue weighted by atomic mass is 9.35. The fraction of sp³-hybridized carbons (Fsp3) is 0.727. The standard InChI is InChI=1S/C44H64ClN5O5/c1-10-29(55-34(52)24-40(5,6)39(53)54)16-17-41(7)27(4)15-18-43(9)33(41)14-12-30-36-35(26(2)3)32(51)23-44(36,20-19-42(30,43)8)38-49-48-37(50(38)22-21-46)31-13-11-28(45)25-47-31/h11,13,25-27,29-30,33H,10,12,14-24,46H2,1-9H3,(H,53,54)/t27-,29-,30-,33-,41+,42-,43-,44-/m1/s1. The van der Waals surface area contributed by atoms with Crippen LogP contribution >= 0.6 is 11.6 Å². The maximum absolute atomic E-state index is 14.4. The van der Waals surface area contributed by atoms with Crippen LogP contribution in [0.25, 0.3) is 11.5 Å². The molecule has 4 aliphatic carbocycles. The second-order valence-corrected chi connectivity index (χ2v) is 19.6. The Kier molecular flexibility index (Phi) is 11.3. The zero-order chi connectivity index (χ0) is 40.3. The SMILES string of the molecule is CC[C@H](CC[C@@]1(C)[C@H](C)CC[C@]2(C)[C@@H]1CC[C@@H]1C3=C(C(C)C)C(=O)C[C@]3(c3nnc(-c4ccc(Cl)cn4)n3CCN)CC[C@]12C)OC(=O)CC(C)(C)C(=O)O. The Hall–Kier alpha value is -3.11. The molecule has 3 N–H and O–H groups in total. The van der Waals surface area contributed by atoms with Crippen molar-refractivity contribution in [1.82, 2.24) is 19.7 Å². The summed E-state index contributed by atoms with van der Waals surface area (Å²) in [6.07, 6.45) is 10.2. The number of rotatable bonds is 13. The molecule has 8 atom stereocenters. The highest BCUT2D eigenvalue weighted by atomic mass is 35.5. The van der Waals surface area contributed by atoms with E-state index in [2.05, 4.69) is 51.1 Å². The fourth-order valence-electron chi connectivity index (χ4n) is 12.0. The van der Waals surface area contributed by atoms with Crippen molar-refractivity contribution in [2.45, 2.75) is 151 Å². The van der Waals surface area contributed by atoms with Gasteiger partial charge in [0.05, 0.1) is 22.3 Å². The lowest BCUT2D eigenvalue weighted by molar-refractivity contribution is -0.184. The molecule has 0 bridgehead atoms. The van der Waals surface area contributed by atoms with Crippen LogP contribution in [0.1, 0.15) is 139 Å². The lowest BCUT2D eigenvalue weighted by Crippen LogP contribution is -2.62. The Morgan fingerprint density at radius 3 is 2.44 bits per heavy atom.